The summed E-state index contributed by atoms with van der Waals surface area (Å²) in [5.41, 5.74) is 11.6. The summed E-state index contributed by atoms with van der Waals surface area (Å²) in [5.74, 6) is -0.976. The van der Waals surface area contributed by atoms with E-state index >= 15 is 0 Å². The SMILES string of the molecule is NC(=O)c1cn[nH]c1NC(=O)c1ccccc1N. The molecule has 0 radical (unpaired) electrons. The van der Waals surface area contributed by atoms with E-state index in [1.807, 2.05) is 0 Å². The van der Waals surface area contributed by atoms with Crippen LogP contribution in [0.4, 0.5) is 11.5 Å². The molecule has 0 saturated carbocycles. The second kappa shape index (κ2) is 4.58. The maximum Gasteiger partial charge on any atom is 0.258 e. The molecule has 0 unspecified atom stereocenters. The number of nitrogens with two attached hydrogens (primary N) is 2. The average molecular weight is 245 g/mol. The number of amides is 2. The molecule has 1 aromatic carbocycles. The number of carbonyl (C=O) groups excluding carboxylic acids is 2. The fourth-order valence-electron chi connectivity index (χ4n) is 1.45. The lowest BCUT2D eigenvalue weighted by Crippen LogP contribution is -2.18. The summed E-state index contributed by atoms with van der Waals surface area (Å²) in [6.45, 7) is 0. The fraction of sp³-hybridized carbons (Fsp3) is 0. The van der Waals surface area contributed by atoms with E-state index in [0.29, 0.717) is 11.3 Å². The van der Waals surface area contributed by atoms with Crippen molar-refractivity contribution in [1.29, 1.82) is 0 Å². The van der Waals surface area contributed by atoms with E-state index in [0.717, 1.165) is 0 Å². The van der Waals surface area contributed by atoms with Crippen molar-refractivity contribution in [3.63, 3.8) is 0 Å². The Balaban J connectivity index is 2.25. The normalized spacial score (nSPS) is 10.0. The summed E-state index contributed by atoms with van der Waals surface area (Å²) in [7, 11) is 0. The Hall–Kier alpha value is -2.83. The topological polar surface area (TPSA) is 127 Å². The Labute approximate surface area is 102 Å². The number of nitrogens with zero attached hydrogens (tertiary/aromatic N) is 1. The lowest BCUT2D eigenvalue weighted by atomic mass is 10.1. The lowest BCUT2D eigenvalue weighted by molar-refractivity contribution is 0.100. The predicted octanol–water partition coefficient (Wildman–Crippen LogP) is 0.343. The molecule has 0 spiro atoms. The molecule has 2 rings (SSSR count). The Morgan fingerprint density at radius 1 is 1.22 bits per heavy atom. The van der Waals surface area contributed by atoms with Gasteiger partial charge in [-0.05, 0) is 12.1 Å². The number of hydrogen-bond acceptors (Lipinski definition) is 4. The monoisotopic (exact) mass is 245 g/mol. The number of para-hydroxylation sites is 1. The molecule has 7 nitrogen and oxygen atoms in total. The number of aromatic amines is 1. The number of primary amides is 1. The number of anilines is 2. The van der Waals surface area contributed by atoms with Gasteiger partial charge in [-0.3, -0.25) is 14.7 Å². The predicted molar refractivity (Wildman–Crippen MR) is 65.9 cm³/mol. The minimum absolute atomic E-state index is 0.109. The number of nitrogens with one attached hydrogen (secondary N) is 2. The third kappa shape index (κ3) is 2.14. The third-order valence-electron chi connectivity index (χ3n) is 2.35. The summed E-state index contributed by atoms with van der Waals surface area (Å²) < 4.78 is 0. The highest BCUT2D eigenvalue weighted by atomic mass is 16.2. The van der Waals surface area contributed by atoms with Gasteiger partial charge in [0.05, 0.1) is 11.8 Å². The van der Waals surface area contributed by atoms with Gasteiger partial charge in [-0.25, -0.2) is 0 Å². The van der Waals surface area contributed by atoms with E-state index in [1.165, 1.54) is 6.20 Å². The van der Waals surface area contributed by atoms with E-state index < -0.39 is 11.8 Å². The second-order valence-corrected chi connectivity index (χ2v) is 3.56. The van der Waals surface area contributed by atoms with Crippen molar-refractivity contribution in [2.75, 3.05) is 11.1 Å². The van der Waals surface area contributed by atoms with Crippen LogP contribution in [0.25, 0.3) is 0 Å². The number of benzene rings is 1. The largest absolute Gasteiger partial charge is 0.398 e. The molecule has 2 aromatic rings. The van der Waals surface area contributed by atoms with Crippen LogP contribution in [-0.2, 0) is 0 Å². The van der Waals surface area contributed by atoms with Crippen LogP contribution in [0.15, 0.2) is 30.5 Å². The highest BCUT2D eigenvalue weighted by Crippen LogP contribution is 2.15. The van der Waals surface area contributed by atoms with Gasteiger partial charge in [-0.15, -0.1) is 0 Å². The molecule has 92 valence electrons. The van der Waals surface area contributed by atoms with E-state index in [2.05, 4.69) is 15.5 Å². The molecule has 0 aliphatic carbocycles. The first-order valence-corrected chi connectivity index (χ1v) is 5.08. The molecule has 1 heterocycles. The standard InChI is InChI=1S/C11H11N5O2/c12-8-4-2-1-3-6(8)11(18)15-10-7(9(13)17)5-14-16-10/h1-5H,12H2,(H2,13,17)(H2,14,15,16,18). The Morgan fingerprint density at radius 3 is 2.61 bits per heavy atom. The number of nitrogen functional groups attached to an aromatic ring is 1. The van der Waals surface area contributed by atoms with Gasteiger partial charge in [-0.2, -0.15) is 5.10 Å². The molecule has 0 saturated heterocycles. The molecule has 0 atom stereocenters. The van der Waals surface area contributed by atoms with Crippen molar-refractivity contribution in [2.45, 2.75) is 0 Å². The van der Waals surface area contributed by atoms with E-state index in [4.69, 9.17) is 11.5 Å². The average Bonchev–Trinajstić information content (AvgIpc) is 2.77. The summed E-state index contributed by atoms with van der Waals surface area (Å²) in [4.78, 5) is 23.0. The molecular weight excluding hydrogens is 234 g/mol. The van der Waals surface area contributed by atoms with Crippen molar-refractivity contribution >= 4 is 23.3 Å². The van der Waals surface area contributed by atoms with Crippen molar-refractivity contribution < 1.29 is 9.59 Å². The van der Waals surface area contributed by atoms with Gasteiger partial charge in [0.2, 0.25) is 0 Å². The molecule has 18 heavy (non-hydrogen) atoms. The summed E-state index contributed by atoms with van der Waals surface area (Å²) in [6.07, 6.45) is 1.24. The van der Waals surface area contributed by atoms with Crippen molar-refractivity contribution in [3.8, 4) is 0 Å². The maximum atomic E-state index is 11.9. The zero-order valence-corrected chi connectivity index (χ0v) is 9.31. The van der Waals surface area contributed by atoms with Crippen LogP contribution >= 0.6 is 0 Å². The minimum Gasteiger partial charge on any atom is -0.398 e. The fourth-order valence-corrected chi connectivity index (χ4v) is 1.45. The molecule has 7 heteroatoms. The number of H-pyrrole nitrogens is 1. The number of rotatable bonds is 3. The molecule has 0 aliphatic rings. The van der Waals surface area contributed by atoms with E-state index in [9.17, 15) is 9.59 Å². The smallest absolute Gasteiger partial charge is 0.258 e. The Kier molecular flexibility index (Phi) is 2.96. The first-order chi connectivity index (χ1) is 8.59. The molecule has 1 aromatic heterocycles. The molecular formula is C11H11N5O2. The van der Waals surface area contributed by atoms with Crippen LogP contribution in [0, 0.1) is 0 Å². The van der Waals surface area contributed by atoms with Gasteiger partial charge in [0, 0.05) is 5.69 Å². The van der Waals surface area contributed by atoms with Crippen LogP contribution < -0.4 is 16.8 Å². The van der Waals surface area contributed by atoms with Gasteiger partial charge < -0.3 is 16.8 Å². The van der Waals surface area contributed by atoms with Crippen molar-refractivity contribution in [3.05, 3.63) is 41.6 Å². The number of carbonyl (C=O) groups is 2. The highest BCUT2D eigenvalue weighted by molar-refractivity contribution is 6.10. The first-order valence-electron chi connectivity index (χ1n) is 5.08. The van der Waals surface area contributed by atoms with Crippen LogP contribution in [0.3, 0.4) is 0 Å². The first kappa shape index (κ1) is 11.6. The Bertz CT molecular complexity index is 605. The summed E-state index contributed by atoms with van der Waals surface area (Å²) in [6, 6.07) is 6.59. The van der Waals surface area contributed by atoms with Crippen molar-refractivity contribution in [2.24, 2.45) is 5.73 Å². The molecule has 6 N–H and O–H groups in total. The summed E-state index contributed by atoms with van der Waals surface area (Å²) in [5, 5.41) is 8.62. The number of hydrogen-bond donors (Lipinski definition) is 4. The van der Waals surface area contributed by atoms with Crippen LogP contribution in [0.5, 0.6) is 0 Å². The second-order valence-electron chi connectivity index (χ2n) is 3.56. The molecule has 2 amide bonds. The number of aromatic nitrogens is 2. The van der Waals surface area contributed by atoms with Gasteiger partial charge in [0.25, 0.3) is 11.8 Å². The maximum absolute atomic E-state index is 11.9. The zero-order chi connectivity index (χ0) is 13.1. The van der Waals surface area contributed by atoms with Gasteiger partial charge in [0.1, 0.15) is 11.4 Å². The van der Waals surface area contributed by atoms with Gasteiger partial charge in [0.15, 0.2) is 0 Å². The molecule has 0 bridgehead atoms. The van der Waals surface area contributed by atoms with Gasteiger partial charge in [-0.1, -0.05) is 12.1 Å². The highest BCUT2D eigenvalue weighted by Gasteiger charge is 2.15. The minimum atomic E-state index is -0.680. The van der Waals surface area contributed by atoms with Crippen molar-refractivity contribution in [1.82, 2.24) is 10.2 Å². The van der Waals surface area contributed by atoms with Crippen LogP contribution in [0.2, 0.25) is 0 Å². The zero-order valence-electron chi connectivity index (χ0n) is 9.31. The third-order valence-corrected chi connectivity index (χ3v) is 2.35. The van der Waals surface area contributed by atoms with E-state index in [1.54, 1.807) is 24.3 Å². The Morgan fingerprint density at radius 2 is 1.94 bits per heavy atom. The molecule has 0 fully saturated rings. The molecule has 0 aliphatic heterocycles. The summed E-state index contributed by atoms with van der Waals surface area (Å²) >= 11 is 0. The lowest BCUT2D eigenvalue weighted by Gasteiger charge is -2.06. The quantitative estimate of drug-likeness (QED) is 0.581. The van der Waals surface area contributed by atoms with Crippen LogP contribution in [0.1, 0.15) is 20.7 Å². The van der Waals surface area contributed by atoms with E-state index in [-0.39, 0.29) is 11.4 Å². The van der Waals surface area contributed by atoms with Gasteiger partial charge >= 0.3 is 0 Å². The van der Waals surface area contributed by atoms with Crippen LogP contribution in [-0.4, -0.2) is 22.0 Å².